The summed E-state index contributed by atoms with van der Waals surface area (Å²) in [6.07, 6.45) is 2.80. The monoisotopic (exact) mass is 261 g/mol. The quantitative estimate of drug-likeness (QED) is 0.877. The van der Waals surface area contributed by atoms with E-state index in [0.29, 0.717) is 5.92 Å². The lowest BCUT2D eigenvalue weighted by atomic mass is 9.91. The van der Waals surface area contributed by atoms with Crippen molar-refractivity contribution in [1.29, 1.82) is 0 Å². The molecule has 4 heteroatoms. The molecular formula is C15H19NO3. The zero-order valence-corrected chi connectivity index (χ0v) is 10.8. The second kappa shape index (κ2) is 4.85. The highest BCUT2D eigenvalue weighted by molar-refractivity contribution is 5.68. The van der Waals surface area contributed by atoms with Gasteiger partial charge in [-0.2, -0.15) is 0 Å². The van der Waals surface area contributed by atoms with Crippen molar-refractivity contribution in [2.45, 2.75) is 43.9 Å². The minimum Gasteiger partial charge on any atom is -0.445 e. The fourth-order valence-corrected chi connectivity index (χ4v) is 3.39. The summed E-state index contributed by atoms with van der Waals surface area (Å²) in [4.78, 5) is 11.9. The molecule has 0 saturated heterocycles. The molecule has 2 aliphatic carbocycles. The van der Waals surface area contributed by atoms with Crippen LogP contribution in [0.25, 0.3) is 0 Å². The summed E-state index contributed by atoms with van der Waals surface area (Å²) in [5.41, 5.74) is 0.532. The van der Waals surface area contributed by atoms with Crippen LogP contribution in [0.4, 0.5) is 4.79 Å². The molecule has 0 heterocycles. The van der Waals surface area contributed by atoms with Gasteiger partial charge >= 0.3 is 6.09 Å². The molecular weight excluding hydrogens is 242 g/mol. The second-order valence-electron chi connectivity index (χ2n) is 5.70. The maximum Gasteiger partial charge on any atom is 0.407 e. The fraction of sp³-hybridized carbons (Fsp3) is 0.533. The number of fused-ring (bicyclic) bond motifs is 2. The summed E-state index contributed by atoms with van der Waals surface area (Å²) < 4.78 is 5.22. The summed E-state index contributed by atoms with van der Waals surface area (Å²) in [5, 5.41) is 12.9. The van der Waals surface area contributed by atoms with E-state index >= 15 is 0 Å². The minimum absolute atomic E-state index is 0.266. The number of hydrogen-bond donors (Lipinski definition) is 2. The molecule has 0 aromatic heterocycles. The Balaban J connectivity index is 1.54. The van der Waals surface area contributed by atoms with Crippen LogP contribution in [-0.4, -0.2) is 22.8 Å². The Morgan fingerprint density at radius 2 is 2.21 bits per heavy atom. The molecule has 19 heavy (non-hydrogen) atoms. The zero-order valence-electron chi connectivity index (χ0n) is 10.8. The summed E-state index contributed by atoms with van der Waals surface area (Å²) in [6.45, 7) is 0.266. The van der Waals surface area contributed by atoms with E-state index in [1.165, 1.54) is 0 Å². The van der Waals surface area contributed by atoms with Crippen molar-refractivity contribution in [3.05, 3.63) is 35.9 Å². The van der Waals surface area contributed by atoms with Gasteiger partial charge in [-0.05, 0) is 37.2 Å². The van der Waals surface area contributed by atoms with Crippen molar-refractivity contribution >= 4 is 6.09 Å². The van der Waals surface area contributed by atoms with Gasteiger partial charge in [0.05, 0.1) is 11.6 Å². The smallest absolute Gasteiger partial charge is 0.407 e. The van der Waals surface area contributed by atoms with Gasteiger partial charge in [-0.25, -0.2) is 4.79 Å². The summed E-state index contributed by atoms with van der Waals surface area (Å²) in [6, 6.07) is 9.59. The number of alkyl carbamates (subject to hydrolysis) is 1. The number of carbonyl (C=O) groups excluding carboxylic acids is 1. The van der Waals surface area contributed by atoms with E-state index in [9.17, 15) is 9.90 Å². The highest BCUT2D eigenvalue weighted by atomic mass is 16.5. The van der Waals surface area contributed by atoms with Gasteiger partial charge in [0.15, 0.2) is 0 Å². The number of benzene rings is 1. The number of aliphatic hydroxyl groups is 1. The van der Waals surface area contributed by atoms with Crippen LogP contribution >= 0.6 is 0 Å². The molecule has 2 aliphatic rings. The molecule has 0 unspecified atom stereocenters. The van der Waals surface area contributed by atoms with Crippen molar-refractivity contribution in [3.63, 3.8) is 0 Å². The third-order valence-corrected chi connectivity index (χ3v) is 4.41. The van der Waals surface area contributed by atoms with Crippen LogP contribution in [0.1, 0.15) is 31.2 Å². The number of amides is 1. The van der Waals surface area contributed by atoms with E-state index in [-0.39, 0.29) is 6.61 Å². The molecule has 2 bridgehead atoms. The Bertz CT molecular complexity index is 462. The predicted molar refractivity (Wildman–Crippen MR) is 70.5 cm³/mol. The van der Waals surface area contributed by atoms with Crippen molar-refractivity contribution in [1.82, 2.24) is 5.32 Å². The van der Waals surface area contributed by atoms with Crippen LogP contribution in [0.15, 0.2) is 30.3 Å². The lowest BCUT2D eigenvalue weighted by Crippen LogP contribution is -2.53. The summed E-state index contributed by atoms with van der Waals surface area (Å²) in [5.74, 6) is 0.560. The molecule has 3 rings (SSSR count). The number of carbonyl (C=O) groups is 1. The van der Waals surface area contributed by atoms with Gasteiger partial charge in [0, 0.05) is 0 Å². The largest absolute Gasteiger partial charge is 0.445 e. The summed E-state index contributed by atoms with van der Waals surface area (Å²) >= 11 is 0. The number of aliphatic hydroxyl groups excluding tert-OH is 1. The maximum absolute atomic E-state index is 11.9. The van der Waals surface area contributed by atoms with Crippen LogP contribution in [0.2, 0.25) is 0 Å². The van der Waals surface area contributed by atoms with E-state index in [1.807, 2.05) is 30.3 Å². The van der Waals surface area contributed by atoms with Gasteiger partial charge in [-0.1, -0.05) is 30.3 Å². The van der Waals surface area contributed by atoms with Gasteiger partial charge in [0.2, 0.25) is 0 Å². The first-order chi connectivity index (χ1) is 9.18. The molecule has 3 atom stereocenters. The van der Waals surface area contributed by atoms with Crippen molar-refractivity contribution in [3.8, 4) is 0 Å². The third kappa shape index (κ3) is 2.45. The Labute approximate surface area is 112 Å². The first-order valence-corrected chi connectivity index (χ1v) is 6.85. The Morgan fingerprint density at radius 1 is 1.42 bits per heavy atom. The van der Waals surface area contributed by atoms with Gasteiger partial charge in [-0.3, -0.25) is 0 Å². The van der Waals surface area contributed by atoms with Crippen molar-refractivity contribution < 1.29 is 14.6 Å². The van der Waals surface area contributed by atoms with Crippen LogP contribution in [0, 0.1) is 5.92 Å². The van der Waals surface area contributed by atoms with Gasteiger partial charge in [-0.15, -0.1) is 0 Å². The minimum atomic E-state index is -0.432. The van der Waals surface area contributed by atoms with Crippen molar-refractivity contribution in [2.24, 2.45) is 5.92 Å². The normalized spacial score (nSPS) is 32.3. The average Bonchev–Trinajstić information content (AvgIpc) is 2.94. The van der Waals surface area contributed by atoms with Crippen LogP contribution in [0.3, 0.4) is 0 Å². The van der Waals surface area contributed by atoms with Gasteiger partial charge in [0.1, 0.15) is 6.61 Å². The SMILES string of the molecule is O=C(N[C@@]12CC[C@@H](C[C@H]1O)C2)OCc1ccccc1. The van der Waals surface area contributed by atoms with E-state index in [2.05, 4.69) is 5.32 Å². The number of rotatable bonds is 3. The van der Waals surface area contributed by atoms with Gasteiger partial charge < -0.3 is 15.2 Å². The third-order valence-electron chi connectivity index (χ3n) is 4.41. The first kappa shape index (κ1) is 12.5. The van der Waals surface area contributed by atoms with Crippen LogP contribution < -0.4 is 5.32 Å². The topological polar surface area (TPSA) is 58.6 Å². The molecule has 1 amide bonds. The predicted octanol–water partition coefficient (Wildman–Crippen LogP) is 2.22. The number of ether oxygens (including phenoxy) is 1. The Morgan fingerprint density at radius 3 is 2.84 bits per heavy atom. The van der Waals surface area contributed by atoms with Crippen molar-refractivity contribution in [2.75, 3.05) is 0 Å². The lowest BCUT2D eigenvalue weighted by Gasteiger charge is -2.32. The van der Waals surface area contributed by atoms with E-state index in [1.54, 1.807) is 0 Å². The first-order valence-electron chi connectivity index (χ1n) is 6.85. The van der Waals surface area contributed by atoms with E-state index < -0.39 is 17.7 Å². The zero-order chi connectivity index (χ0) is 13.3. The molecule has 4 nitrogen and oxygen atoms in total. The second-order valence-corrected chi connectivity index (χ2v) is 5.70. The molecule has 2 N–H and O–H groups in total. The molecule has 0 radical (unpaired) electrons. The van der Waals surface area contributed by atoms with Crippen LogP contribution in [0.5, 0.6) is 0 Å². The number of nitrogens with one attached hydrogen (secondary N) is 1. The molecule has 102 valence electrons. The molecule has 2 fully saturated rings. The molecule has 0 aliphatic heterocycles. The molecule has 0 spiro atoms. The lowest BCUT2D eigenvalue weighted by molar-refractivity contribution is 0.0599. The Hall–Kier alpha value is -1.55. The van der Waals surface area contributed by atoms with E-state index in [4.69, 9.17) is 4.74 Å². The highest BCUT2D eigenvalue weighted by Crippen LogP contribution is 2.47. The standard InChI is InChI=1S/C15H19NO3/c17-13-8-12-6-7-15(13,9-12)16-14(18)19-10-11-4-2-1-3-5-11/h1-5,12-13,17H,6-10H2,(H,16,18)/t12-,13+,15+/m0/s1. The summed E-state index contributed by atoms with van der Waals surface area (Å²) in [7, 11) is 0. The molecule has 1 aromatic rings. The van der Waals surface area contributed by atoms with E-state index in [0.717, 1.165) is 31.2 Å². The number of hydrogen-bond acceptors (Lipinski definition) is 3. The fourth-order valence-electron chi connectivity index (χ4n) is 3.39. The maximum atomic E-state index is 11.9. The van der Waals surface area contributed by atoms with Crippen LogP contribution in [-0.2, 0) is 11.3 Å². The Kier molecular flexibility index (Phi) is 3.19. The average molecular weight is 261 g/mol. The highest BCUT2D eigenvalue weighted by Gasteiger charge is 2.52. The molecule has 1 aromatic carbocycles. The molecule has 2 saturated carbocycles. The van der Waals surface area contributed by atoms with Gasteiger partial charge in [0.25, 0.3) is 0 Å².